The molecule has 0 spiro atoms. The van der Waals surface area contributed by atoms with E-state index in [4.69, 9.17) is 4.42 Å². The first-order chi connectivity index (χ1) is 9.20. The van der Waals surface area contributed by atoms with Crippen molar-refractivity contribution in [1.29, 1.82) is 0 Å². The number of nitrogens with one attached hydrogen (secondary N) is 2. The normalized spacial score (nSPS) is 17.6. The lowest BCUT2D eigenvalue weighted by molar-refractivity contribution is 0.265. The van der Waals surface area contributed by atoms with E-state index in [1.807, 2.05) is 26.2 Å². The van der Waals surface area contributed by atoms with Crippen molar-refractivity contribution in [2.75, 3.05) is 27.2 Å². The van der Waals surface area contributed by atoms with Crippen molar-refractivity contribution in [3.63, 3.8) is 0 Å². The van der Waals surface area contributed by atoms with E-state index in [1.165, 1.54) is 12.8 Å². The van der Waals surface area contributed by atoms with Gasteiger partial charge in [0.1, 0.15) is 5.76 Å². The minimum atomic E-state index is 0.171. The molecule has 1 unspecified atom stereocenters. The minimum absolute atomic E-state index is 0.171. The Hall–Kier alpha value is -1.49. The summed E-state index contributed by atoms with van der Waals surface area (Å²) in [6.45, 7) is 3.65. The van der Waals surface area contributed by atoms with E-state index in [1.54, 1.807) is 6.26 Å². The molecule has 2 N–H and O–H groups in total. The number of rotatable bonds is 6. The van der Waals surface area contributed by atoms with E-state index in [9.17, 15) is 0 Å². The number of nitrogens with zero attached hydrogens (tertiary/aromatic N) is 2. The van der Waals surface area contributed by atoms with Crippen molar-refractivity contribution in [2.45, 2.75) is 31.8 Å². The summed E-state index contributed by atoms with van der Waals surface area (Å²) in [4.78, 5) is 6.79. The van der Waals surface area contributed by atoms with Gasteiger partial charge in [-0.3, -0.25) is 9.89 Å². The molecule has 0 aromatic carbocycles. The van der Waals surface area contributed by atoms with Crippen molar-refractivity contribution in [2.24, 2.45) is 4.99 Å². The number of furan rings is 1. The molecule has 0 amide bonds. The van der Waals surface area contributed by atoms with E-state index in [-0.39, 0.29) is 6.04 Å². The van der Waals surface area contributed by atoms with E-state index in [0.717, 1.165) is 18.3 Å². The zero-order valence-corrected chi connectivity index (χ0v) is 12.0. The fourth-order valence-electron chi connectivity index (χ4n) is 1.91. The summed E-state index contributed by atoms with van der Waals surface area (Å²) in [7, 11) is 4.09. The summed E-state index contributed by atoms with van der Waals surface area (Å²) in [6.07, 6.45) is 4.21. The molecule has 1 fully saturated rings. The molecule has 1 saturated carbocycles. The van der Waals surface area contributed by atoms with Gasteiger partial charge < -0.3 is 15.1 Å². The van der Waals surface area contributed by atoms with Gasteiger partial charge in [0.15, 0.2) is 5.96 Å². The SMILES string of the molecule is CCNC(=NCC(c1ccco1)N(C)C)NC1CC1. The monoisotopic (exact) mass is 264 g/mol. The molecule has 1 atom stereocenters. The third kappa shape index (κ3) is 4.28. The smallest absolute Gasteiger partial charge is 0.191 e. The Kier molecular flexibility index (Phi) is 4.85. The fraction of sp³-hybridized carbons (Fsp3) is 0.643. The first kappa shape index (κ1) is 13.9. The molecule has 5 heteroatoms. The Balaban J connectivity index is 1.98. The second-order valence-electron chi connectivity index (χ2n) is 5.13. The molecule has 1 aliphatic carbocycles. The van der Waals surface area contributed by atoms with Crippen molar-refractivity contribution in [1.82, 2.24) is 15.5 Å². The van der Waals surface area contributed by atoms with Gasteiger partial charge in [-0.1, -0.05) is 0 Å². The van der Waals surface area contributed by atoms with Crippen LogP contribution in [0.5, 0.6) is 0 Å². The Labute approximate surface area is 115 Å². The van der Waals surface area contributed by atoms with Crippen LogP contribution in [-0.4, -0.2) is 44.1 Å². The second-order valence-corrected chi connectivity index (χ2v) is 5.13. The molecule has 0 saturated heterocycles. The number of hydrogen-bond donors (Lipinski definition) is 2. The van der Waals surface area contributed by atoms with Crippen LogP contribution < -0.4 is 10.6 Å². The zero-order valence-electron chi connectivity index (χ0n) is 12.0. The lowest BCUT2D eigenvalue weighted by Crippen LogP contribution is -2.39. The first-order valence-electron chi connectivity index (χ1n) is 6.95. The number of likely N-dealkylation sites (N-methyl/N-ethyl adjacent to an activating group) is 1. The molecule has 0 aliphatic heterocycles. The van der Waals surface area contributed by atoms with Gasteiger partial charge in [0, 0.05) is 12.6 Å². The standard InChI is InChI=1S/C14H24N4O/c1-4-15-14(17-11-7-8-11)16-10-12(18(2)3)13-6-5-9-19-13/h5-6,9,11-12H,4,7-8,10H2,1-3H3,(H2,15,16,17). The maximum absolute atomic E-state index is 5.49. The van der Waals surface area contributed by atoms with Gasteiger partial charge in [-0.15, -0.1) is 0 Å². The molecule has 0 radical (unpaired) electrons. The summed E-state index contributed by atoms with van der Waals surface area (Å²) in [5, 5.41) is 6.70. The molecular formula is C14H24N4O. The molecule has 5 nitrogen and oxygen atoms in total. The van der Waals surface area contributed by atoms with Crippen LogP contribution >= 0.6 is 0 Å². The van der Waals surface area contributed by atoms with Gasteiger partial charge in [0.05, 0.1) is 18.8 Å². The van der Waals surface area contributed by atoms with Crippen LogP contribution in [0, 0.1) is 0 Å². The van der Waals surface area contributed by atoms with E-state index < -0.39 is 0 Å². The maximum Gasteiger partial charge on any atom is 0.191 e. The van der Waals surface area contributed by atoms with Crippen LogP contribution in [0.2, 0.25) is 0 Å². The highest BCUT2D eigenvalue weighted by molar-refractivity contribution is 5.80. The van der Waals surface area contributed by atoms with Gasteiger partial charge in [-0.25, -0.2) is 0 Å². The molecule has 2 rings (SSSR count). The molecule has 1 heterocycles. The summed E-state index contributed by atoms with van der Waals surface area (Å²) in [6, 6.07) is 4.70. The quantitative estimate of drug-likeness (QED) is 0.605. The van der Waals surface area contributed by atoms with Gasteiger partial charge >= 0.3 is 0 Å². The van der Waals surface area contributed by atoms with Gasteiger partial charge in [0.25, 0.3) is 0 Å². The Morgan fingerprint density at radius 3 is 2.84 bits per heavy atom. The average molecular weight is 264 g/mol. The molecule has 19 heavy (non-hydrogen) atoms. The van der Waals surface area contributed by atoms with Crippen LogP contribution in [0.25, 0.3) is 0 Å². The van der Waals surface area contributed by atoms with Crippen LogP contribution in [0.1, 0.15) is 31.6 Å². The second kappa shape index (κ2) is 6.61. The topological polar surface area (TPSA) is 52.8 Å². The molecule has 1 aromatic heterocycles. The number of guanidine groups is 1. The van der Waals surface area contributed by atoms with Crippen molar-refractivity contribution < 1.29 is 4.42 Å². The summed E-state index contributed by atoms with van der Waals surface area (Å²) in [5.41, 5.74) is 0. The van der Waals surface area contributed by atoms with Crippen LogP contribution in [0.3, 0.4) is 0 Å². The van der Waals surface area contributed by atoms with Crippen molar-refractivity contribution in [3.05, 3.63) is 24.2 Å². The molecule has 0 bridgehead atoms. The van der Waals surface area contributed by atoms with E-state index in [2.05, 4.69) is 27.4 Å². The van der Waals surface area contributed by atoms with Crippen molar-refractivity contribution in [3.8, 4) is 0 Å². The molecule has 1 aliphatic rings. The molecular weight excluding hydrogens is 240 g/mol. The lowest BCUT2D eigenvalue weighted by atomic mass is 10.2. The zero-order chi connectivity index (χ0) is 13.7. The summed E-state index contributed by atoms with van der Waals surface area (Å²) in [5.74, 6) is 1.86. The highest BCUT2D eigenvalue weighted by Crippen LogP contribution is 2.20. The predicted octanol–water partition coefficient (Wildman–Crippen LogP) is 1.60. The lowest BCUT2D eigenvalue weighted by Gasteiger charge is -2.21. The van der Waals surface area contributed by atoms with Crippen molar-refractivity contribution >= 4 is 5.96 Å². The Bertz CT molecular complexity index is 396. The number of aliphatic imine (C=N–C) groups is 1. The third-order valence-corrected chi connectivity index (χ3v) is 3.18. The highest BCUT2D eigenvalue weighted by Gasteiger charge is 2.23. The number of hydrogen-bond acceptors (Lipinski definition) is 3. The molecule has 106 valence electrons. The minimum Gasteiger partial charge on any atom is -0.468 e. The predicted molar refractivity (Wildman–Crippen MR) is 77.3 cm³/mol. The van der Waals surface area contributed by atoms with Crippen LogP contribution in [0.15, 0.2) is 27.8 Å². The van der Waals surface area contributed by atoms with Gasteiger partial charge in [-0.2, -0.15) is 0 Å². The highest BCUT2D eigenvalue weighted by atomic mass is 16.3. The van der Waals surface area contributed by atoms with Gasteiger partial charge in [0.2, 0.25) is 0 Å². The fourth-order valence-corrected chi connectivity index (χ4v) is 1.91. The van der Waals surface area contributed by atoms with Crippen LogP contribution in [-0.2, 0) is 0 Å². The Morgan fingerprint density at radius 1 is 1.53 bits per heavy atom. The summed E-state index contributed by atoms with van der Waals surface area (Å²) >= 11 is 0. The average Bonchev–Trinajstić information content (AvgIpc) is 3.02. The summed E-state index contributed by atoms with van der Waals surface area (Å²) < 4.78 is 5.49. The largest absolute Gasteiger partial charge is 0.468 e. The first-order valence-corrected chi connectivity index (χ1v) is 6.95. The molecule has 1 aromatic rings. The van der Waals surface area contributed by atoms with E-state index in [0.29, 0.717) is 12.6 Å². The van der Waals surface area contributed by atoms with E-state index >= 15 is 0 Å². The maximum atomic E-state index is 5.49. The Morgan fingerprint density at radius 2 is 2.32 bits per heavy atom. The third-order valence-electron chi connectivity index (χ3n) is 3.18. The van der Waals surface area contributed by atoms with Crippen LogP contribution in [0.4, 0.5) is 0 Å². The van der Waals surface area contributed by atoms with Gasteiger partial charge in [-0.05, 0) is 46.0 Å².